The Hall–Kier alpha value is -3.91. The number of carbonyl (C=O) groups excluding carboxylic acids is 3. The molecule has 3 amide bonds. The number of rotatable bonds is 8. The molecule has 6 nitrogen and oxygen atoms in total. The van der Waals surface area contributed by atoms with E-state index in [-0.39, 0.29) is 29.3 Å². The average molecular weight is 504 g/mol. The molecular formula is C28H26FN3O3S. The molecule has 0 aromatic heterocycles. The van der Waals surface area contributed by atoms with Gasteiger partial charge in [0.05, 0.1) is 0 Å². The Labute approximate surface area is 213 Å². The number of carbonyl (C=O) groups is 3. The lowest BCUT2D eigenvalue weighted by Crippen LogP contribution is -2.35. The lowest BCUT2D eigenvalue weighted by Gasteiger charge is -2.17. The molecule has 0 unspecified atom stereocenters. The molecule has 4 rings (SSSR count). The summed E-state index contributed by atoms with van der Waals surface area (Å²) in [5, 5.41) is 5.91. The number of aryl methyl sites for hydroxylation is 1. The van der Waals surface area contributed by atoms with Gasteiger partial charge in [0.1, 0.15) is 16.4 Å². The van der Waals surface area contributed by atoms with E-state index in [1.807, 2.05) is 45.0 Å². The highest BCUT2D eigenvalue weighted by Crippen LogP contribution is 2.36. The molecule has 0 radical (unpaired) electrons. The van der Waals surface area contributed by atoms with Gasteiger partial charge in [0, 0.05) is 28.4 Å². The molecule has 0 fully saturated rings. The highest BCUT2D eigenvalue weighted by Gasteiger charge is 2.39. The van der Waals surface area contributed by atoms with E-state index in [1.54, 1.807) is 24.3 Å². The van der Waals surface area contributed by atoms with Gasteiger partial charge in [-0.05, 0) is 73.5 Å². The van der Waals surface area contributed by atoms with Gasteiger partial charge in [0.2, 0.25) is 0 Å². The van der Waals surface area contributed by atoms with Crippen LogP contribution in [0.4, 0.5) is 15.8 Å². The summed E-state index contributed by atoms with van der Waals surface area (Å²) in [6.45, 7) is 6.22. The maximum Gasteiger partial charge on any atom is 0.278 e. The second kappa shape index (κ2) is 10.8. The third-order valence-electron chi connectivity index (χ3n) is 5.43. The van der Waals surface area contributed by atoms with E-state index in [1.165, 1.54) is 40.9 Å². The van der Waals surface area contributed by atoms with Crippen LogP contribution in [0.2, 0.25) is 0 Å². The number of nitrogens with one attached hydrogen (secondary N) is 2. The van der Waals surface area contributed by atoms with E-state index >= 15 is 0 Å². The average Bonchev–Trinajstić information content (AvgIpc) is 3.06. The van der Waals surface area contributed by atoms with Crippen molar-refractivity contribution in [3.05, 3.63) is 100 Å². The molecule has 1 heterocycles. The fourth-order valence-corrected chi connectivity index (χ4v) is 4.55. The molecule has 8 heteroatoms. The summed E-state index contributed by atoms with van der Waals surface area (Å²) in [5.41, 5.74) is 2.96. The third kappa shape index (κ3) is 5.83. The standard InChI is InChI=1S/C28H26FN3O3S/c1-17(2)16-32-27(34)24(30-21-10-4-18(3)5-11-21)25(28(32)35)36-23-14-12-22(13-15-23)31-26(33)19-6-8-20(29)9-7-19/h4-15,17,30H,16H2,1-3H3,(H,31,33). The predicted octanol–water partition coefficient (Wildman–Crippen LogP) is 5.83. The Morgan fingerprint density at radius 3 is 2.11 bits per heavy atom. The van der Waals surface area contributed by atoms with Gasteiger partial charge < -0.3 is 10.6 Å². The van der Waals surface area contributed by atoms with Crippen molar-refractivity contribution in [2.24, 2.45) is 5.92 Å². The molecule has 0 bridgehead atoms. The van der Waals surface area contributed by atoms with Crippen molar-refractivity contribution in [1.82, 2.24) is 4.90 Å². The van der Waals surface area contributed by atoms with Crippen molar-refractivity contribution in [3.63, 3.8) is 0 Å². The molecule has 2 N–H and O–H groups in total. The maximum absolute atomic E-state index is 13.2. The van der Waals surface area contributed by atoms with Gasteiger partial charge in [0.15, 0.2) is 0 Å². The number of benzene rings is 3. The van der Waals surface area contributed by atoms with Gasteiger partial charge in [-0.2, -0.15) is 0 Å². The molecule has 0 saturated heterocycles. The summed E-state index contributed by atoms with van der Waals surface area (Å²) < 4.78 is 13.1. The van der Waals surface area contributed by atoms with E-state index in [9.17, 15) is 18.8 Å². The minimum Gasteiger partial charge on any atom is -0.350 e. The first-order valence-corrected chi connectivity index (χ1v) is 12.3. The molecule has 184 valence electrons. The first kappa shape index (κ1) is 25.2. The van der Waals surface area contributed by atoms with Crippen molar-refractivity contribution in [3.8, 4) is 0 Å². The molecule has 0 atom stereocenters. The minimum absolute atomic E-state index is 0.131. The van der Waals surface area contributed by atoms with Crippen LogP contribution in [0, 0.1) is 18.7 Å². The van der Waals surface area contributed by atoms with E-state index in [0.29, 0.717) is 22.7 Å². The normalized spacial score (nSPS) is 13.5. The second-order valence-electron chi connectivity index (χ2n) is 8.90. The summed E-state index contributed by atoms with van der Waals surface area (Å²) in [7, 11) is 0. The zero-order chi connectivity index (χ0) is 25.8. The molecule has 1 aliphatic rings. The highest BCUT2D eigenvalue weighted by atomic mass is 32.2. The largest absolute Gasteiger partial charge is 0.350 e. The van der Waals surface area contributed by atoms with Crippen LogP contribution >= 0.6 is 11.8 Å². The molecule has 3 aromatic rings. The van der Waals surface area contributed by atoms with E-state index in [4.69, 9.17) is 0 Å². The van der Waals surface area contributed by atoms with Crippen LogP contribution in [-0.2, 0) is 9.59 Å². The van der Waals surface area contributed by atoms with E-state index in [2.05, 4.69) is 10.6 Å². The summed E-state index contributed by atoms with van der Waals surface area (Å²) >= 11 is 1.20. The number of imide groups is 1. The number of thioether (sulfide) groups is 1. The van der Waals surface area contributed by atoms with Gasteiger partial charge in [-0.15, -0.1) is 0 Å². The van der Waals surface area contributed by atoms with Crippen LogP contribution in [0.25, 0.3) is 0 Å². The topological polar surface area (TPSA) is 78.5 Å². The van der Waals surface area contributed by atoms with Crippen molar-refractivity contribution < 1.29 is 18.8 Å². The number of hydrogen-bond donors (Lipinski definition) is 2. The number of halogens is 1. The molecule has 0 spiro atoms. The summed E-state index contributed by atoms with van der Waals surface area (Å²) in [4.78, 5) is 41.1. The Kier molecular flexibility index (Phi) is 7.55. The molecule has 0 saturated carbocycles. The fraction of sp³-hybridized carbons (Fsp3) is 0.179. The van der Waals surface area contributed by atoms with Crippen LogP contribution in [0.3, 0.4) is 0 Å². The zero-order valence-corrected chi connectivity index (χ0v) is 21.0. The van der Waals surface area contributed by atoms with E-state index in [0.717, 1.165) is 16.1 Å². The van der Waals surface area contributed by atoms with Crippen molar-refractivity contribution in [1.29, 1.82) is 0 Å². The van der Waals surface area contributed by atoms with E-state index < -0.39 is 5.82 Å². The summed E-state index contributed by atoms with van der Waals surface area (Å²) in [6, 6.07) is 19.8. The summed E-state index contributed by atoms with van der Waals surface area (Å²) in [6.07, 6.45) is 0. The Morgan fingerprint density at radius 1 is 0.889 bits per heavy atom. The van der Waals surface area contributed by atoms with Crippen LogP contribution in [0.15, 0.2) is 88.3 Å². The van der Waals surface area contributed by atoms with Crippen LogP contribution in [0.5, 0.6) is 0 Å². The monoisotopic (exact) mass is 503 g/mol. The first-order valence-electron chi connectivity index (χ1n) is 11.5. The smallest absolute Gasteiger partial charge is 0.278 e. The molecule has 3 aromatic carbocycles. The number of nitrogens with zero attached hydrogens (tertiary/aromatic N) is 1. The summed E-state index contributed by atoms with van der Waals surface area (Å²) in [5.74, 6) is -1.32. The van der Waals surface area contributed by atoms with Crippen LogP contribution < -0.4 is 10.6 Å². The van der Waals surface area contributed by atoms with Gasteiger partial charge in [-0.1, -0.05) is 43.3 Å². The van der Waals surface area contributed by atoms with Gasteiger partial charge >= 0.3 is 0 Å². The van der Waals surface area contributed by atoms with Crippen molar-refractivity contribution in [2.45, 2.75) is 25.7 Å². The van der Waals surface area contributed by atoms with Crippen molar-refractivity contribution in [2.75, 3.05) is 17.2 Å². The minimum atomic E-state index is -0.412. The number of hydrogen-bond acceptors (Lipinski definition) is 5. The number of anilines is 2. The molecule has 1 aliphatic heterocycles. The van der Waals surface area contributed by atoms with Crippen molar-refractivity contribution >= 4 is 40.9 Å². The Morgan fingerprint density at radius 2 is 1.50 bits per heavy atom. The lowest BCUT2D eigenvalue weighted by molar-refractivity contribution is -0.137. The van der Waals surface area contributed by atoms with Gasteiger partial charge in [-0.25, -0.2) is 4.39 Å². The SMILES string of the molecule is Cc1ccc(NC2=C(Sc3ccc(NC(=O)c4ccc(F)cc4)cc3)C(=O)N(CC(C)C)C2=O)cc1. The Balaban J connectivity index is 1.54. The predicted molar refractivity (Wildman–Crippen MR) is 140 cm³/mol. The molecule has 36 heavy (non-hydrogen) atoms. The maximum atomic E-state index is 13.2. The Bertz CT molecular complexity index is 1320. The van der Waals surface area contributed by atoms with Gasteiger partial charge in [0.25, 0.3) is 17.7 Å². The second-order valence-corrected chi connectivity index (χ2v) is 9.98. The molecule has 0 aliphatic carbocycles. The zero-order valence-electron chi connectivity index (χ0n) is 20.2. The first-order chi connectivity index (χ1) is 17.2. The van der Waals surface area contributed by atoms with Gasteiger partial charge in [-0.3, -0.25) is 19.3 Å². The quantitative estimate of drug-likeness (QED) is 0.379. The third-order valence-corrected chi connectivity index (χ3v) is 6.52. The molecular weight excluding hydrogens is 477 g/mol. The van der Waals surface area contributed by atoms with Crippen LogP contribution in [-0.4, -0.2) is 29.2 Å². The lowest BCUT2D eigenvalue weighted by atomic mass is 10.2. The fourth-order valence-electron chi connectivity index (χ4n) is 3.60. The number of amides is 3. The van der Waals surface area contributed by atoms with Crippen LogP contribution in [0.1, 0.15) is 29.8 Å². The highest BCUT2D eigenvalue weighted by molar-refractivity contribution is 8.04.